The van der Waals surface area contributed by atoms with E-state index in [2.05, 4.69) is 32.6 Å². The van der Waals surface area contributed by atoms with Gasteiger partial charge in [-0.3, -0.25) is 4.52 Å². The molecule has 0 saturated carbocycles. The largest absolute Gasteiger partial charge is 0.469 e. The molecule has 0 aliphatic rings. The number of quaternary nitrogens is 1. The molecule has 0 rings (SSSR count). The molecule has 0 aromatic heterocycles. The SMILES string of the molecule is CCCCCCCCCCCCCCCCOC[C@@H](O)COP(=O)(O)O.C[N+](C)(C)CCO. The van der Waals surface area contributed by atoms with Gasteiger partial charge in [0.05, 0.1) is 41.0 Å². The first-order chi connectivity index (χ1) is 15.5. The van der Waals surface area contributed by atoms with E-state index in [1.807, 2.05) is 0 Å². The zero-order valence-electron chi connectivity index (χ0n) is 21.9. The number of hydrogen-bond acceptors (Lipinski definition) is 5. The van der Waals surface area contributed by atoms with Crippen LogP contribution in [0, 0.1) is 0 Å². The third-order valence-electron chi connectivity index (χ3n) is 5.16. The lowest BCUT2D eigenvalue weighted by Gasteiger charge is -2.21. The molecule has 0 heterocycles. The Bertz CT molecular complexity index is 441. The zero-order chi connectivity index (χ0) is 25.4. The number of rotatable bonds is 22. The Morgan fingerprint density at radius 1 is 0.758 bits per heavy atom. The fourth-order valence-electron chi connectivity index (χ4n) is 3.15. The van der Waals surface area contributed by atoms with E-state index in [-0.39, 0.29) is 13.2 Å². The summed E-state index contributed by atoms with van der Waals surface area (Å²) < 4.78 is 20.8. The van der Waals surface area contributed by atoms with Crippen molar-refractivity contribution >= 4 is 7.82 Å². The van der Waals surface area contributed by atoms with E-state index in [1.165, 1.54) is 77.0 Å². The summed E-state index contributed by atoms with van der Waals surface area (Å²) in [7, 11) is 1.64. The van der Waals surface area contributed by atoms with Gasteiger partial charge in [-0.15, -0.1) is 0 Å². The lowest BCUT2D eigenvalue weighted by atomic mass is 10.0. The van der Waals surface area contributed by atoms with Crippen LogP contribution < -0.4 is 0 Å². The van der Waals surface area contributed by atoms with Gasteiger partial charge in [0.2, 0.25) is 0 Å². The van der Waals surface area contributed by atoms with Crippen LogP contribution in [0.1, 0.15) is 96.8 Å². The molecule has 9 heteroatoms. The Morgan fingerprint density at radius 3 is 1.52 bits per heavy atom. The van der Waals surface area contributed by atoms with E-state index >= 15 is 0 Å². The number of likely N-dealkylation sites (N-methyl/N-ethyl adjacent to an activating group) is 1. The van der Waals surface area contributed by atoms with Crippen LogP contribution in [-0.2, 0) is 13.8 Å². The predicted octanol–water partition coefficient (Wildman–Crippen LogP) is 4.64. The summed E-state index contributed by atoms with van der Waals surface area (Å²) in [5.41, 5.74) is 0. The maximum absolute atomic E-state index is 10.5. The quantitative estimate of drug-likeness (QED) is 0.0972. The Balaban J connectivity index is 0. The van der Waals surface area contributed by atoms with Gasteiger partial charge >= 0.3 is 7.82 Å². The predicted molar refractivity (Wildman–Crippen MR) is 135 cm³/mol. The molecular formula is C24H55NO7P+. The molecule has 0 amide bonds. The van der Waals surface area contributed by atoms with Crippen molar-refractivity contribution in [1.82, 2.24) is 0 Å². The van der Waals surface area contributed by atoms with Gasteiger partial charge in [0, 0.05) is 6.61 Å². The lowest BCUT2D eigenvalue weighted by Crippen LogP contribution is -2.36. The summed E-state index contributed by atoms with van der Waals surface area (Å²) in [6, 6.07) is 0. The van der Waals surface area contributed by atoms with Crippen LogP contribution in [0.15, 0.2) is 0 Å². The normalized spacial score (nSPS) is 13.0. The van der Waals surface area contributed by atoms with Crippen molar-refractivity contribution in [2.75, 3.05) is 54.1 Å². The molecule has 8 nitrogen and oxygen atoms in total. The van der Waals surface area contributed by atoms with E-state index in [0.29, 0.717) is 6.61 Å². The zero-order valence-corrected chi connectivity index (χ0v) is 22.8. The van der Waals surface area contributed by atoms with E-state index in [4.69, 9.17) is 19.6 Å². The van der Waals surface area contributed by atoms with Gasteiger partial charge in [0.1, 0.15) is 12.6 Å². The lowest BCUT2D eigenvalue weighted by molar-refractivity contribution is -0.870. The van der Waals surface area contributed by atoms with Crippen LogP contribution in [0.25, 0.3) is 0 Å². The number of nitrogens with zero attached hydrogens (tertiary/aromatic N) is 1. The average molecular weight is 501 g/mol. The molecule has 0 bridgehead atoms. The molecule has 33 heavy (non-hydrogen) atoms. The van der Waals surface area contributed by atoms with Crippen LogP contribution in [0.4, 0.5) is 0 Å². The van der Waals surface area contributed by atoms with Crippen molar-refractivity contribution in [3.63, 3.8) is 0 Å². The molecule has 0 aliphatic heterocycles. The van der Waals surface area contributed by atoms with Crippen molar-refractivity contribution in [2.24, 2.45) is 0 Å². The highest BCUT2D eigenvalue weighted by Crippen LogP contribution is 2.35. The van der Waals surface area contributed by atoms with Crippen molar-refractivity contribution in [2.45, 2.75) is 103 Å². The minimum atomic E-state index is -4.51. The maximum Gasteiger partial charge on any atom is 0.469 e. The van der Waals surface area contributed by atoms with Crippen LogP contribution in [0.2, 0.25) is 0 Å². The summed E-state index contributed by atoms with van der Waals surface area (Å²) in [6.07, 6.45) is 17.3. The van der Waals surface area contributed by atoms with Gasteiger partial charge in [-0.1, -0.05) is 90.4 Å². The molecule has 0 saturated heterocycles. The summed E-state index contributed by atoms with van der Waals surface area (Å²) in [4.78, 5) is 17.0. The van der Waals surface area contributed by atoms with E-state index < -0.39 is 20.5 Å². The number of ether oxygens (including phenoxy) is 1. The summed E-state index contributed by atoms with van der Waals surface area (Å²) >= 11 is 0. The highest BCUT2D eigenvalue weighted by Gasteiger charge is 2.16. The summed E-state index contributed by atoms with van der Waals surface area (Å²) in [6.45, 7) is 3.56. The molecule has 0 radical (unpaired) electrons. The van der Waals surface area contributed by atoms with Crippen molar-refractivity contribution < 1.29 is 38.3 Å². The first kappa shape index (κ1) is 35.1. The second-order valence-electron chi connectivity index (χ2n) is 9.85. The summed E-state index contributed by atoms with van der Waals surface area (Å²) in [5, 5.41) is 17.8. The first-order valence-electron chi connectivity index (χ1n) is 12.9. The van der Waals surface area contributed by atoms with Gasteiger partial charge in [0.15, 0.2) is 0 Å². The average Bonchev–Trinajstić information content (AvgIpc) is 2.71. The molecule has 1 atom stereocenters. The minimum absolute atomic E-state index is 0.0401. The number of hydrogen-bond donors (Lipinski definition) is 4. The number of phosphoric acid groups is 1. The highest BCUT2D eigenvalue weighted by atomic mass is 31.2. The van der Waals surface area contributed by atoms with E-state index in [9.17, 15) is 9.67 Å². The number of unbranched alkanes of at least 4 members (excludes halogenated alkanes) is 13. The number of aliphatic hydroxyl groups is 2. The van der Waals surface area contributed by atoms with Crippen molar-refractivity contribution in [1.29, 1.82) is 0 Å². The molecule has 0 aliphatic carbocycles. The Morgan fingerprint density at radius 2 is 1.18 bits per heavy atom. The van der Waals surface area contributed by atoms with E-state index in [0.717, 1.165) is 23.9 Å². The first-order valence-corrected chi connectivity index (χ1v) is 14.4. The fraction of sp³-hybridized carbons (Fsp3) is 1.00. The molecule has 0 aromatic rings. The summed E-state index contributed by atoms with van der Waals surface area (Å²) in [5.74, 6) is 0. The molecule has 0 aromatic carbocycles. The maximum atomic E-state index is 10.5. The van der Waals surface area contributed by atoms with Gasteiger partial charge < -0.3 is 29.2 Å². The van der Waals surface area contributed by atoms with Crippen LogP contribution in [0.5, 0.6) is 0 Å². The van der Waals surface area contributed by atoms with E-state index in [1.54, 1.807) is 0 Å². The highest BCUT2D eigenvalue weighted by molar-refractivity contribution is 7.46. The van der Waals surface area contributed by atoms with Crippen LogP contribution >= 0.6 is 7.82 Å². The molecular weight excluding hydrogens is 445 g/mol. The second kappa shape index (κ2) is 23.7. The third kappa shape index (κ3) is 36.7. The molecule has 202 valence electrons. The van der Waals surface area contributed by atoms with Crippen molar-refractivity contribution in [3.05, 3.63) is 0 Å². The molecule has 0 fully saturated rings. The topological polar surface area (TPSA) is 116 Å². The van der Waals surface area contributed by atoms with Crippen LogP contribution in [-0.4, -0.2) is 84.7 Å². The minimum Gasteiger partial charge on any atom is -0.391 e. The fourth-order valence-corrected chi connectivity index (χ4v) is 3.52. The Labute approximate surface area is 203 Å². The van der Waals surface area contributed by atoms with Gasteiger partial charge in [-0.2, -0.15) is 0 Å². The van der Waals surface area contributed by atoms with Gasteiger partial charge in [-0.25, -0.2) is 4.57 Å². The Hall–Kier alpha value is -0.0500. The standard InChI is InChI=1S/C19H41O6P.C5H14NO/c1-2-3-4-5-6-7-8-9-10-11-12-13-14-15-16-24-17-19(20)18-25-26(21,22)23;1-6(2,3)4-5-7/h19-20H,2-18H2,1H3,(H2,21,22,23);7H,4-5H2,1-3H3/q;+1/t19-;/m1./s1. The monoisotopic (exact) mass is 500 g/mol. The molecule has 0 spiro atoms. The smallest absolute Gasteiger partial charge is 0.391 e. The Kier molecular flexibility index (Phi) is 25.2. The van der Waals surface area contributed by atoms with Crippen molar-refractivity contribution in [3.8, 4) is 0 Å². The number of aliphatic hydroxyl groups excluding tert-OH is 2. The molecule has 0 unspecified atom stereocenters. The van der Waals surface area contributed by atoms with Crippen LogP contribution in [0.3, 0.4) is 0 Å². The van der Waals surface area contributed by atoms with Gasteiger partial charge in [0.25, 0.3) is 0 Å². The third-order valence-corrected chi connectivity index (χ3v) is 5.64. The second-order valence-corrected chi connectivity index (χ2v) is 11.1. The van der Waals surface area contributed by atoms with Gasteiger partial charge in [-0.05, 0) is 6.42 Å². The number of phosphoric ester groups is 1. The molecule has 4 N–H and O–H groups in total.